The molecule has 1 aliphatic rings. The highest BCUT2D eigenvalue weighted by Gasteiger charge is 2.40. The highest BCUT2D eigenvalue weighted by Crippen LogP contribution is 2.48. The summed E-state index contributed by atoms with van der Waals surface area (Å²) in [5.74, 6) is 0.893. The molecule has 0 amide bonds. The van der Waals surface area contributed by atoms with Crippen molar-refractivity contribution < 1.29 is 4.39 Å². The Bertz CT molecular complexity index is 306. The molecular formula is C11H14FNS. The van der Waals surface area contributed by atoms with E-state index in [9.17, 15) is 4.39 Å². The van der Waals surface area contributed by atoms with E-state index in [4.69, 9.17) is 5.73 Å². The summed E-state index contributed by atoms with van der Waals surface area (Å²) in [4.78, 5) is 1.13. The summed E-state index contributed by atoms with van der Waals surface area (Å²) in [6.45, 7) is 0.779. The number of rotatable bonds is 4. The predicted molar refractivity (Wildman–Crippen MR) is 57.8 cm³/mol. The van der Waals surface area contributed by atoms with Crippen LogP contribution < -0.4 is 5.73 Å². The summed E-state index contributed by atoms with van der Waals surface area (Å²) < 4.78 is 12.6. The van der Waals surface area contributed by atoms with Gasteiger partial charge in [-0.15, -0.1) is 11.8 Å². The Balaban J connectivity index is 1.89. The van der Waals surface area contributed by atoms with Crippen LogP contribution in [0.5, 0.6) is 0 Å². The van der Waals surface area contributed by atoms with Crippen molar-refractivity contribution in [1.82, 2.24) is 0 Å². The molecule has 1 saturated carbocycles. The summed E-state index contributed by atoms with van der Waals surface area (Å²) in [5, 5.41) is 0. The lowest BCUT2D eigenvalue weighted by Crippen LogP contribution is -2.17. The number of thioether (sulfide) groups is 1. The summed E-state index contributed by atoms with van der Waals surface area (Å²) in [5.41, 5.74) is 6.07. The molecule has 0 unspecified atom stereocenters. The number of hydrogen-bond donors (Lipinski definition) is 1. The molecule has 1 fully saturated rings. The van der Waals surface area contributed by atoms with E-state index in [1.54, 1.807) is 11.8 Å². The zero-order chi connectivity index (χ0) is 10.0. The first-order valence-corrected chi connectivity index (χ1v) is 5.81. The van der Waals surface area contributed by atoms with Crippen molar-refractivity contribution in [2.75, 3.05) is 12.3 Å². The smallest absolute Gasteiger partial charge is 0.123 e. The second kappa shape index (κ2) is 3.91. The number of halogens is 1. The maximum absolute atomic E-state index is 12.6. The molecule has 0 bridgehead atoms. The normalized spacial score (nSPS) is 18.1. The van der Waals surface area contributed by atoms with Gasteiger partial charge in [0, 0.05) is 10.6 Å². The van der Waals surface area contributed by atoms with E-state index in [0.717, 1.165) is 17.2 Å². The highest BCUT2D eigenvalue weighted by atomic mass is 32.2. The van der Waals surface area contributed by atoms with Crippen LogP contribution in [-0.4, -0.2) is 12.3 Å². The molecule has 0 heterocycles. The van der Waals surface area contributed by atoms with E-state index < -0.39 is 0 Å². The number of nitrogens with two attached hydrogens (primary N) is 1. The fourth-order valence-electron chi connectivity index (χ4n) is 1.35. The van der Waals surface area contributed by atoms with Gasteiger partial charge in [-0.2, -0.15) is 0 Å². The van der Waals surface area contributed by atoms with Gasteiger partial charge >= 0.3 is 0 Å². The quantitative estimate of drug-likeness (QED) is 0.775. The molecule has 1 aromatic rings. The van der Waals surface area contributed by atoms with Crippen molar-refractivity contribution in [3.8, 4) is 0 Å². The molecule has 0 atom stereocenters. The first kappa shape index (κ1) is 9.99. The largest absolute Gasteiger partial charge is 0.330 e. The van der Waals surface area contributed by atoms with Gasteiger partial charge in [-0.1, -0.05) is 0 Å². The SMILES string of the molecule is NCC1(CSc2ccc(F)cc2)CC1. The topological polar surface area (TPSA) is 26.0 Å². The Kier molecular flexibility index (Phi) is 2.79. The Morgan fingerprint density at radius 3 is 2.43 bits per heavy atom. The van der Waals surface area contributed by atoms with Crippen molar-refractivity contribution in [1.29, 1.82) is 0 Å². The van der Waals surface area contributed by atoms with Crippen LogP contribution in [-0.2, 0) is 0 Å². The van der Waals surface area contributed by atoms with Gasteiger partial charge in [0.25, 0.3) is 0 Å². The molecule has 0 saturated heterocycles. The predicted octanol–water partition coefficient (Wildman–Crippen LogP) is 2.66. The van der Waals surface area contributed by atoms with Crippen LogP contribution in [0.25, 0.3) is 0 Å². The van der Waals surface area contributed by atoms with E-state index in [1.165, 1.54) is 25.0 Å². The zero-order valence-electron chi connectivity index (χ0n) is 8.00. The van der Waals surface area contributed by atoms with Crippen molar-refractivity contribution in [3.63, 3.8) is 0 Å². The lowest BCUT2D eigenvalue weighted by atomic mass is 10.1. The average molecular weight is 211 g/mol. The summed E-state index contributed by atoms with van der Waals surface area (Å²) >= 11 is 1.78. The van der Waals surface area contributed by atoms with Crippen LogP contribution in [0, 0.1) is 11.2 Å². The Labute approximate surface area is 87.9 Å². The third-order valence-electron chi connectivity index (χ3n) is 2.75. The minimum Gasteiger partial charge on any atom is -0.330 e. The van der Waals surface area contributed by atoms with Gasteiger partial charge in [-0.3, -0.25) is 0 Å². The summed E-state index contributed by atoms with van der Waals surface area (Å²) in [6.07, 6.45) is 2.50. The number of benzene rings is 1. The molecule has 1 aromatic carbocycles. The van der Waals surface area contributed by atoms with Gasteiger partial charge in [0.05, 0.1) is 0 Å². The summed E-state index contributed by atoms with van der Waals surface area (Å²) in [6, 6.07) is 6.66. The van der Waals surface area contributed by atoms with E-state index in [0.29, 0.717) is 5.41 Å². The molecule has 2 rings (SSSR count). The molecule has 2 N–H and O–H groups in total. The van der Waals surface area contributed by atoms with Crippen molar-refractivity contribution in [3.05, 3.63) is 30.1 Å². The second-order valence-electron chi connectivity index (χ2n) is 3.95. The molecule has 0 spiro atoms. The third kappa shape index (κ3) is 2.28. The van der Waals surface area contributed by atoms with Gasteiger partial charge < -0.3 is 5.73 Å². The molecule has 0 aromatic heterocycles. The first-order valence-electron chi connectivity index (χ1n) is 4.83. The van der Waals surface area contributed by atoms with Gasteiger partial charge in [-0.25, -0.2) is 4.39 Å². The van der Waals surface area contributed by atoms with Crippen molar-refractivity contribution >= 4 is 11.8 Å². The lowest BCUT2D eigenvalue weighted by molar-refractivity contribution is 0.600. The molecule has 3 heteroatoms. The zero-order valence-corrected chi connectivity index (χ0v) is 8.82. The van der Waals surface area contributed by atoms with E-state index in [-0.39, 0.29) is 5.82 Å². The average Bonchev–Trinajstić information content (AvgIpc) is 2.98. The van der Waals surface area contributed by atoms with Crippen LogP contribution in [0.4, 0.5) is 4.39 Å². The van der Waals surface area contributed by atoms with Crippen LogP contribution in [0.1, 0.15) is 12.8 Å². The van der Waals surface area contributed by atoms with E-state index in [2.05, 4.69) is 0 Å². The van der Waals surface area contributed by atoms with Crippen LogP contribution in [0.15, 0.2) is 29.2 Å². The van der Waals surface area contributed by atoms with Gasteiger partial charge in [-0.05, 0) is 49.1 Å². The maximum atomic E-state index is 12.6. The fourth-order valence-corrected chi connectivity index (χ4v) is 2.56. The lowest BCUT2D eigenvalue weighted by Gasteiger charge is -2.10. The molecule has 14 heavy (non-hydrogen) atoms. The molecule has 0 radical (unpaired) electrons. The third-order valence-corrected chi connectivity index (χ3v) is 4.11. The Morgan fingerprint density at radius 2 is 1.93 bits per heavy atom. The standard InChI is InChI=1S/C11H14FNS/c12-9-1-3-10(4-2-9)14-8-11(7-13)5-6-11/h1-4H,5-8,13H2. The van der Waals surface area contributed by atoms with E-state index in [1.807, 2.05) is 12.1 Å². The van der Waals surface area contributed by atoms with Crippen LogP contribution >= 0.6 is 11.8 Å². The monoisotopic (exact) mass is 211 g/mol. The van der Waals surface area contributed by atoms with Crippen molar-refractivity contribution in [2.24, 2.45) is 11.1 Å². The van der Waals surface area contributed by atoms with Crippen LogP contribution in [0.3, 0.4) is 0 Å². The molecular weight excluding hydrogens is 197 g/mol. The highest BCUT2D eigenvalue weighted by molar-refractivity contribution is 7.99. The van der Waals surface area contributed by atoms with Crippen LogP contribution in [0.2, 0.25) is 0 Å². The summed E-state index contributed by atoms with van der Waals surface area (Å²) in [7, 11) is 0. The molecule has 1 aliphatic carbocycles. The van der Waals surface area contributed by atoms with Crippen molar-refractivity contribution in [2.45, 2.75) is 17.7 Å². The number of hydrogen-bond acceptors (Lipinski definition) is 2. The first-order chi connectivity index (χ1) is 6.74. The maximum Gasteiger partial charge on any atom is 0.123 e. The second-order valence-corrected chi connectivity index (χ2v) is 5.00. The van der Waals surface area contributed by atoms with Gasteiger partial charge in [0.1, 0.15) is 5.82 Å². The van der Waals surface area contributed by atoms with Gasteiger partial charge in [0.15, 0.2) is 0 Å². The van der Waals surface area contributed by atoms with E-state index >= 15 is 0 Å². The fraction of sp³-hybridized carbons (Fsp3) is 0.455. The molecule has 1 nitrogen and oxygen atoms in total. The van der Waals surface area contributed by atoms with Gasteiger partial charge in [0.2, 0.25) is 0 Å². The Morgan fingerprint density at radius 1 is 1.29 bits per heavy atom. The minimum absolute atomic E-state index is 0.172. The molecule has 0 aliphatic heterocycles. The Hall–Kier alpha value is -0.540. The minimum atomic E-state index is -0.172. The molecule has 76 valence electrons.